The Hall–Kier alpha value is -2.11. The number of hydrogen-bond donors (Lipinski definition) is 0. The van der Waals surface area contributed by atoms with Crippen LogP contribution in [0.2, 0.25) is 0 Å². The van der Waals surface area contributed by atoms with Crippen molar-refractivity contribution in [3.8, 4) is 5.75 Å². The standard InChI is InChI=1S/C27H39N3O2/c1-28-17-14-23(15-18-28)29(2)27(31)13-10-21-7-6-16-30(19-21)20-22-11-12-26(32-3)25-9-5-4-8-24(22)25/h4-5,8-9,11-12,21,23H,6-7,10,13-20H2,1-3H3. The number of carbonyl (C=O) groups excluding carboxylic acids is 1. The molecular weight excluding hydrogens is 398 g/mol. The Kier molecular flexibility index (Phi) is 7.69. The van der Waals surface area contributed by atoms with Gasteiger partial charge in [-0.05, 0) is 81.7 Å². The first-order chi connectivity index (χ1) is 15.5. The van der Waals surface area contributed by atoms with E-state index in [0.717, 1.165) is 57.7 Å². The Morgan fingerprint density at radius 1 is 1.06 bits per heavy atom. The summed E-state index contributed by atoms with van der Waals surface area (Å²) in [7, 11) is 5.92. The Morgan fingerprint density at radius 3 is 2.56 bits per heavy atom. The maximum Gasteiger partial charge on any atom is 0.222 e. The first kappa shape index (κ1) is 23.1. The lowest BCUT2D eigenvalue weighted by atomic mass is 9.92. The van der Waals surface area contributed by atoms with Gasteiger partial charge in [0.05, 0.1) is 7.11 Å². The molecule has 2 heterocycles. The summed E-state index contributed by atoms with van der Waals surface area (Å²) < 4.78 is 5.56. The second-order valence-corrected chi connectivity index (χ2v) is 9.79. The van der Waals surface area contributed by atoms with Crippen LogP contribution in [0.1, 0.15) is 44.1 Å². The van der Waals surface area contributed by atoms with E-state index in [1.165, 1.54) is 29.2 Å². The van der Waals surface area contributed by atoms with Gasteiger partial charge >= 0.3 is 0 Å². The molecule has 0 spiro atoms. The highest BCUT2D eigenvalue weighted by Crippen LogP contribution is 2.30. The normalized spacial score (nSPS) is 21.0. The summed E-state index contributed by atoms with van der Waals surface area (Å²) in [6.07, 6.45) is 6.36. The lowest BCUT2D eigenvalue weighted by molar-refractivity contribution is -0.133. The third kappa shape index (κ3) is 5.44. The highest BCUT2D eigenvalue weighted by molar-refractivity contribution is 5.91. The fourth-order valence-corrected chi connectivity index (χ4v) is 5.51. The van der Waals surface area contributed by atoms with Crippen LogP contribution in [0.4, 0.5) is 0 Å². The molecule has 0 radical (unpaired) electrons. The van der Waals surface area contributed by atoms with Gasteiger partial charge in [-0.2, -0.15) is 0 Å². The van der Waals surface area contributed by atoms with E-state index in [-0.39, 0.29) is 0 Å². The predicted molar refractivity (Wildman–Crippen MR) is 131 cm³/mol. The van der Waals surface area contributed by atoms with E-state index >= 15 is 0 Å². The van der Waals surface area contributed by atoms with Crippen molar-refractivity contribution in [3.05, 3.63) is 42.0 Å². The second-order valence-electron chi connectivity index (χ2n) is 9.79. The van der Waals surface area contributed by atoms with Crippen LogP contribution >= 0.6 is 0 Å². The molecule has 2 aliphatic heterocycles. The molecule has 5 heteroatoms. The van der Waals surface area contributed by atoms with Gasteiger partial charge < -0.3 is 14.5 Å². The van der Waals surface area contributed by atoms with E-state index in [1.807, 2.05) is 11.9 Å². The quantitative estimate of drug-likeness (QED) is 0.644. The summed E-state index contributed by atoms with van der Waals surface area (Å²) in [6.45, 7) is 5.39. The topological polar surface area (TPSA) is 36.0 Å². The number of rotatable bonds is 7. The van der Waals surface area contributed by atoms with Crippen LogP contribution in [0.5, 0.6) is 5.75 Å². The number of fused-ring (bicyclic) bond motifs is 1. The number of likely N-dealkylation sites (tertiary alicyclic amines) is 2. The maximum absolute atomic E-state index is 12.8. The minimum Gasteiger partial charge on any atom is -0.496 e. The molecule has 2 aliphatic rings. The molecule has 32 heavy (non-hydrogen) atoms. The summed E-state index contributed by atoms with van der Waals surface area (Å²) in [5, 5.41) is 2.47. The van der Waals surface area contributed by atoms with E-state index < -0.39 is 0 Å². The number of carbonyl (C=O) groups is 1. The Labute approximate surface area is 193 Å². The smallest absolute Gasteiger partial charge is 0.222 e. The molecule has 1 amide bonds. The highest BCUT2D eigenvalue weighted by atomic mass is 16.5. The second kappa shape index (κ2) is 10.7. The average molecular weight is 438 g/mol. The summed E-state index contributed by atoms with van der Waals surface area (Å²) in [4.78, 5) is 19.8. The molecule has 0 aromatic heterocycles. The van der Waals surface area contributed by atoms with E-state index in [4.69, 9.17) is 4.74 Å². The molecule has 0 N–H and O–H groups in total. The predicted octanol–water partition coefficient (Wildman–Crippen LogP) is 4.39. The van der Waals surface area contributed by atoms with Crippen LogP contribution in [0.3, 0.4) is 0 Å². The minimum atomic E-state index is 0.331. The third-order valence-electron chi connectivity index (χ3n) is 7.59. The van der Waals surface area contributed by atoms with Crippen LogP contribution in [-0.4, -0.2) is 74.0 Å². The highest BCUT2D eigenvalue weighted by Gasteiger charge is 2.26. The fourth-order valence-electron chi connectivity index (χ4n) is 5.51. The molecule has 0 bridgehead atoms. The van der Waals surface area contributed by atoms with Gasteiger partial charge in [-0.25, -0.2) is 0 Å². The van der Waals surface area contributed by atoms with Crippen LogP contribution < -0.4 is 4.74 Å². The van der Waals surface area contributed by atoms with Gasteiger partial charge in [-0.1, -0.05) is 30.3 Å². The van der Waals surface area contributed by atoms with Crippen molar-refractivity contribution >= 4 is 16.7 Å². The number of nitrogens with zero attached hydrogens (tertiary/aromatic N) is 3. The molecule has 0 saturated carbocycles. The molecule has 4 rings (SSSR count). The lowest BCUT2D eigenvalue weighted by Gasteiger charge is -2.36. The molecule has 1 atom stereocenters. The fraction of sp³-hybridized carbons (Fsp3) is 0.593. The summed E-state index contributed by atoms with van der Waals surface area (Å²) >= 11 is 0. The number of benzene rings is 2. The van der Waals surface area contributed by atoms with Gasteiger partial charge in [0.1, 0.15) is 5.75 Å². The van der Waals surface area contributed by atoms with Gasteiger partial charge in [0, 0.05) is 38.0 Å². The van der Waals surface area contributed by atoms with Gasteiger partial charge in [0.25, 0.3) is 0 Å². The van der Waals surface area contributed by atoms with Gasteiger partial charge in [-0.15, -0.1) is 0 Å². The zero-order valence-electron chi connectivity index (χ0n) is 20.1. The maximum atomic E-state index is 12.8. The van der Waals surface area contributed by atoms with Crippen molar-refractivity contribution in [1.82, 2.24) is 14.7 Å². The van der Waals surface area contributed by atoms with Crippen molar-refractivity contribution < 1.29 is 9.53 Å². The SMILES string of the molecule is COc1ccc(CN2CCCC(CCC(=O)N(C)C3CCN(C)CC3)C2)c2ccccc12. The lowest BCUT2D eigenvalue weighted by Crippen LogP contribution is -2.44. The Balaban J connectivity index is 1.31. The number of piperidine rings is 2. The Morgan fingerprint density at radius 2 is 1.81 bits per heavy atom. The molecule has 2 saturated heterocycles. The van der Waals surface area contributed by atoms with Gasteiger partial charge in [-0.3, -0.25) is 9.69 Å². The van der Waals surface area contributed by atoms with Crippen LogP contribution in [0.25, 0.3) is 10.8 Å². The van der Waals surface area contributed by atoms with Crippen molar-refractivity contribution in [2.75, 3.05) is 47.4 Å². The van der Waals surface area contributed by atoms with Gasteiger partial charge in [0.15, 0.2) is 0 Å². The molecule has 5 nitrogen and oxygen atoms in total. The minimum absolute atomic E-state index is 0.331. The molecule has 2 aromatic rings. The Bertz CT molecular complexity index is 907. The van der Waals surface area contributed by atoms with Crippen molar-refractivity contribution in [2.24, 2.45) is 5.92 Å². The summed E-state index contributed by atoms with van der Waals surface area (Å²) in [6, 6.07) is 13.3. The average Bonchev–Trinajstić information content (AvgIpc) is 2.83. The van der Waals surface area contributed by atoms with Crippen molar-refractivity contribution in [3.63, 3.8) is 0 Å². The number of hydrogen-bond acceptors (Lipinski definition) is 4. The van der Waals surface area contributed by atoms with E-state index in [0.29, 0.717) is 24.3 Å². The first-order valence-electron chi connectivity index (χ1n) is 12.3. The first-order valence-corrected chi connectivity index (χ1v) is 12.3. The van der Waals surface area contributed by atoms with Crippen LogP contribution in [0, 0.1) is 5.92 Å². The van der Waals surface area contributed by atoms with E-state index in [2.05, 4.69) is 53.2 Å². The zero-order chi connectivity index (χ0) is 22.5. The van der Waals surface area contributed by atoms with E-state index in [1.54, 1.807) is 7.11 Å². The monoisotopic (exact) mass is 437 g/mol. The van der Waals surface area contributed by atoms with Crippen LogP contribution in [-0.2, 0) is 11.3 Å². The molecule has 2 aromatic carbocycles. The van der Waals surface area contributed by atoms with Crippen molar-refractivity contribution in [2.45, 2.75) is 51.1 Å². The van der Waals surface area contributed by atoms with Crippen LogP contribution in [0.15, 0.2) is 36.4 Å². The molecule has 1 unspecified atom stereocenters. The largest absolute Gasteiger partial charge is 0.496 e. The number of amides is 1. The number of ether oxygens (including phenoxy) is 1. The van der Waals surface area contributed by atoms with Gasteiger partial charge in [0.2, 0.25) is 5.91 Å². The zero-order valence-corrected chi connectivity index (χ0v) is 20.1. The number of methoxy groups -OCH3 is 1. The third-order valence-corrected chi connectivity index (χ3v) is 7.59. The molecule has 2 fully saturated rings. The molecular formula is C27H39N3O2. The molecule has 174 valence electrons. The summed E-state index contributed by atoms with van der Waals surface area (Å²) in [5.74, 6) is 1.88. The molecule has 0 aliphatic carbocycles. The summed E-state index contributed by atoms with van der Waals surface area (Å²) in [5.41, 5.74) is 1.36. The van der Waals surface area contributed by atoms with Crippen molar-refractivity contribution in [1.29, 1.82) is 0 Å². The van der Waals surface area contributed by atoms with E-state index in [9.17, 15) is 4.79 Å².